The molecule has 0 spiro atoms. The lowest BCUT2D eigenvalue weighted by Gasteiger charge is -2.43. The number of halogens is 1. The largest absolute Gasteiger partial charge is 0.453 e. The Morgan fingerprint density at radius 2 is 1.76 bits per heavy atom. The minimum atomic E-state index is -0.473. The molecule has 3 rings (SSSR count). The molecule has 1 amide bonds. The lowest BCUT2D eigenvalue weighted by Crippen LogP contribution is -2.48. The number of carbonyl (C=O) groups is 1. The highest BCUT2D eigenvalue weighted by Crippen LogP contribution is 2.43. The lowest BCUT2D eigenvalue weighted by atomic mass is 9.64. The first-order chi connectivity index (χ1) is 13.6. The van der Waals surface area contributed by atoms with Crippen molar-refractivity contribution in [3.63, 3.8) is 0 Å². The maximum absolute atomic E-state index is 11.2. The number of methoxy groups -OCH3 is 1. The monoisotopic (exact) mass is 508 g/mol. The summed E-state index contributed by atoms with van der Waals surface area (Å²) in [6.45, 7) is 1.52. The van der Waals surface area contributed by atoms with Crippen LogP contribution in [-0.4, -0.2) is 32.8 Å². The highest BCUT2D eigenvalue weighted by atomic mass is 127. The molecule has 1 fully saturated rings. The number of ether oxygens (including phenoxy) is 1. The molecule has 1 aliphatic carbocycles. The van der Waals surface area contributed by atoms with Gasteiger partial charge in [-0.15, -0.1) is 24.0 Å². The van der Waals surface area contributed by atoms with Gasteiger partial charge in [0.05, 0.1) is 7.11 Å². The standard InChI is InChI=1S/C22H28N4O2.HI/c1-23-20(24-15-17-9-11-19(12-10-17)26-21(27)28-2)25-16-22(13-6-14-22)18-7-4-3-5-8-18;/h3-5,7-12H,6,13-16H2,1-2H3,(H,26,27)(H2,23,24,25);1H. The highest BCUT2D eigenvalue weighted by molar-refractivity contribution is 14.0. The van der Waals surface area contributed by atoms with Gasteiger partial charge in [-0.1, -0.05) is 48.9 Å². The zero-order valence-electron chi connectivity index (χ0n) is 16.9. The summed E-state index contributed by atoms with van der Waals surface area (Å²) >= 11 is 0. The second-order valence-corrected chi connectivity index (χ2v) is 7.09. The molecular weight excluding hydrogens is 479 g/mol. The van der Waals surface area contributed by atoms with Gasteiger partial charge in [0, 0.05) is 31.2 Å². The Morgan fingerprint density at radius 3 is 2.31 bits per heavy atom. The average Bonchev–Trinajstić information content (AvgIpc) is 2.71. The van der Waals surface area contributed by atoms with Crippen molar-refractivity contribution in [2.45, 2.75) is 31.2 Å². The molecular formula is C22H29IN4O2. The Hall–Kier alpha value is -2.29. The maximum Gasteiger partial charge on any atom is 0.411 e. The molecule has 0 aliphatic heterocycles. The van der Waals surface area contributed by atoms with Crippen molar-refractivity contribution < 1.29 is 9.53 Å². The molecule has 3 N–H and O–H groups in total. The number of rotatable bonds is 6. The number of hydrogen-bond acceptors (Lipinski definition) is 3. The average molecular weight is 508 g/mol. The molecule has 29 heavy (non-hydrogen) atoms. The number of hydrogen-bond donors (Lipinski definition) is 3. The van der Waals surface area contributed by atoms with Gasteiger partial charge in [0.2, 0.25) is 0 Å². The molecule has 0 bridgehead atoms. The van der Waals surface area contributed by atoms with Crippen LogP contribution in [-0.2, 0) is 16.7 Å². The Kier molecular flexibility index (Phi) is 8.75. The first-order valence-electron chi connectivity index (χ1n) is 9.59. The molecule has 0 atom stereocenters. The van der Waals surface area contributed by atoms with E-state index in [2.05, 4.69) is 56.0 Å². The summed E-state index contributed by atoms with van der Waals surface area (Å²) in [4.78, 5) is 15.6. The molecule has 156 valence electrons. The molecule has 0 unspecified atom stereocenters. The Balaban J connectivity index is 0.00000300. The van der Waals surface area contributed by atoms with Gasteiger partial charge in [-0.3, -0.25) is 10.3 Å². The topological polar surface area (TPSA) is 74.8 Å². The van der Waals surface area contributed by atoms with Gasteiger partial charge in [-0.25, -0.2) is 4.79 Å². The molecule has 2 aromatic rings. The fourth-order valence-electron chi connectivity index (χ4n) is 3.50. The van der Waals surface area contributed by atoms with Crippen LogP contribution in [0.2, 0.25) is 0 Å². The number of anilines is 1. The van der Waals surface area contributed by atoms with Crippen molar-refractivity contribution in [1.29, 1.82) is 0 Å². The van der Waals surface area contributed by atoms with Gasteiger partial charge in [0.1, 0.15) is 0 Å². The van der Waals surface area contributed by atoms with Crippen LogP contribution in [0.15, 0.2) is 59.6 Å². The Morgan fingerprint density at radius 1 is 1.07 bits per heavy atom. The predicted octanol–water partition coefficient (Wildman–Crippen LogP) is 4.27. The van der Waals surface area contributed by atoms with Crippen molar-refractivity contribution >= 4 is 41.7 Å². The van der Waals surface area contributed by atoms with E-state index in [-0.39, 0.29) is 29.4 Å². The van der Waals surface area contributed by atoms with Gasteiger partial charge >= 0.3 is 6.09 Å². The first kappa shape index (κ1) is 23.0. The van der Waals surface area contributed by atoms with E-state index in [1.165, 1.54) is 31.9 Å². The number of carbonyl (C=O) groups excluding carboxylic acids is 1. The molecule has 0 radical (unpaired) electrons. The maximum atomic E-state index is 11.2. The smallest absolute Gasteiger partial charge is 0.411 e. The normalized spacial score (nSPS) is 14.8. The van der Waals surface area contributed by atoms with Gasteiger partial charge in [0.25, 0.3) is 0 Å². The molecule has 7 heteroatoms. The summed E-state index contributed by atoms with van der Waals surface area (Å²) in [5.41, 5.74) is 3.41. The van der Waals surface area contributed by atoms with E-state index < -0.39 is 6.09 Å². The van der Waals surface area contributed by atoms with E-state index in [1.54, 1.807) is 7.05 Å². The van der Waals surface area contributed by atoms with Crippen molar-refractivity contribution in [2.24, 2.45) is 4.99 Å². The lowest BCUT2D eigenvalue weighted by molar-refractivity contribution is 0.187. The number of nitrogens with one attached hydrogen (secondary N) is 3. The number of aliphatic imine (C=N–C) groups is 1. The van der Waals surface area contributed by atoms with Crippen LogP contribution in [0.4, 0.5) is 10.5 Å². The molecule has 2 aromatic carbocycles. The molecule has 0 heterocycles. The van der Waals surface area contributed by atoms with Gasteiger partial charge < -0.3 is 15.4 Å². The predicted molar refractivity (Wildman–Crippen MR) is 128 cm³/mol. The van der Waals surface area contributed by atoms with E-state index in [0.29, 0.717) is 12.2 Å². The van der Waals surface area contributed by atoms with Crippen molar-refractivity contribution in [1.82, 2.24) is 10.6 Å². The van der Waals surface area contributed by atoms with Crippen LogP contribution in [0.5, 0.6) is 0 Å². The number of nitrogens with zero attached hydrogens (tertiary/aromatic N) is 1. The van der Waals surface area contributed by atoms with E-state index in [9.17, 15) is 4.79 Å². The molecule has 0 saturated heterocycles. The van der Waals surface area contributed by atoms with Crippen LogP contribution in [0.1, 0.15) is 30.4 Å². The third-order valence-corrected chi connectivity index (χ3v) is 5.36. The summed E-state index contributed by atoms with van der Waals surface area (Å²) < 4.78 is 4.59. The van der Waals surface area contributed by atoms with Crippen LogP contribution >= 0.6 is 24.0 Å². The summed E-state index contributed by atoms with van der Waals surface area (Å²) in [7, 11) is 3.13. The summed E-state index contributed by atoms with van der Waals surface area (Å²) in [6, 6.07) is 18.4. The van der Waals surface area contributed by atoms with Gasteiger partial charge in [-0.05, 0) is 36.1 Å². The highest BCUT2D eigenvalue weighted by Gasteiger charge is 2.38. The first-order valence-corrected chi connectivity index (χ1v) is 9.59. The summed E-state index contributed by atoms with van der Waals surface area (Å²) in [5, 5.41) is 9.49. The van der Waals surface area contributed by atoms with E-state index in [0.717, 1.165) is 18.1 Å². The van der Waals surface area contributed by atoms with Crippen LogP contribution in [0.25, 0.3) is 0 Å². The SMILES string of the molecule is CN=C(NCc1ccc(NC(=O)OC)cc1)NCC1(c2ccccc2)CCC1.I. The zero-order chi connectivity index (χ0) is 19.8. The van der Waals surface area contributed by atoms with Crippen LogP contribution in [0, 0.1) is 0 Å². The van der Waals surface area contributed by atoms with Crippen molar-refractivity contribution in [3.05, 3.63) is 65.7 Å². The van der Waals surface area contributed by atoms with E-state index in [4.69, 9.17) is 0 Å². The third-order valence-electron chi connectivity index (χ3n) is 5.36. The molecule has 6 nitrogen and oxygen atoms in total. The van der Waals surface area contributed by atoms with Crippen LogP contribution in [0.3, 0.4) is 0 Å². The quantitative estimate of drug-likeness (QED) is 0.310. The number of benzene rings is 2. The van der Waals surface area contributed by atoms with Crippen molar-refractivity contribution in [2.75, 3.05) is 26.0 Å². The second-order valence-electron chi connectivity index (χ2n) is 7.09. The molecule has 0 aromatic heterocycles. The minimum absolute atomic E-state index is 0. The summed E-state index contributed by atoms with van der Waals surface area (Å²) in [5.74, 6) is 0.791. The molecule has 1 aliphatic rings. The Bertz CT molecular complexity index is 805. The van der Waals surface area contributed by atoms with Gasteiger partial charge in [0.15, 0.2) is 5.96 Å². The van der Waals surface area contributed by atoms with Crippen LogP contribution < -0.4 is 16.0 Å². The number of guanidine groups is 1. The fourth-order valence-corrected chi connectivity index (χ4v) is 3.50. The van der Waals surface area contributed by atoms with E-state index in [1.807, 2.05) is 24.3 Å². The third kappa shape index (κ3) is 6.09. The summed E-state index contributed by atoms with van der Waals surface area (Å²) in [6.07, 6.45) is 3.21. The second kappa shape index (κ2) is 11.0. The zero-order valence-corrected chi connectivity index (χ0v) is 19.2. The molecule has 1 saturated carbocycles. The Labute approximate surface area is 189 Å². The fraction of sp³-hybridized carbons (Fsp3) is 0.364. The van der Waals surface area contributed by atoms with E-state index >= 15 is 0 Å². The minimum Gasteiger partial charge on any atom is -0.453 e. The van der Waals surface area contributed by atoms with Crippen molar-refractivity contribution in [3.8, 4) is 0 Å². The number of amides is 1. The van der Waals surface area contributed by atoms with Gasteiger partial charge in [-0.2, -0.15) is 0 Å².